The van der Waals surface area contributed by atoms with E-state index in [-0.39, 0.29) is 23.5 Å². The third-order valence-corrected chi connectivity index (χ3v) is 5.23. The van der Waals surface area contributed by atoms with Crippen LogP contribution in [0.15, 0.2) is 23.1 Å². The van der Waals surface area contributed by atoms with Crippen molar-refractivity contribution in [3.63, 3.8) is 0 Å². The van der Waals surface area contributed by atoms with Crippen LogP contribution >= 0.6 is 0 Å². The molecule has 1 aliphatic rings. The summed E-state index contributed by atoms with van der Waals surface area (Å²) in [6.45, 7) is 0.115. The van der Waals surface area contributed by atoms with E-state index < -0.39 is 10.0 Å². The molecule has 0 radical (unpaired) electrons. The van der Waals surface area contributed by atoms with Crippen LogP contribution in [-0.4, -0.2) is 41.2 Å². The van der Waals surface area contributed by atoms with Gasteiger partial charge in [-0.05, 0) is 37.0 Å². The molecule has 0 spiro atoms. The normalized spacial score (nSPS) is 22.9. The van der Waals surface area contributed by atoms with Gasteiger partial charge in [-0.15, -0.1) is 5.10 Å². The largest absolute Gasteiger partial charge is 0.396 e. The predicted octanol–water partition coefficient (Wildman–Crippen LogP) is 0.0175. The van der Waals surface area contributed by atoms with Gasteiger partial charge in [0, 0.05) is 19.7 Å². The van der Waals surface area contributed by atoms with Crippen LogP contribution in [0.25, 0.3) is 11.0 Å². The summed E-state index contributed by atoms with van der Waals surface area (Å²) in [5, 5.41) is 16.7. The second kappa shape index (κ2) is 4.80. The molecular weight excluding hydrogens is 280 g/mol. The van der Waals surface area contributed by atoms with Crippen LogP contribution in [0.3, 0.4) is 0 Å². The molecule has 2 N–H and O–H groups in total. The zero-order valence-electron chi connectivity index (χ0n) is 11.0. The molecule has 1 heterocycles. The van der Waals surface area contributed by atoms with Gasteiger partial charge < -0.3 is 5.11 Å². The number of aryl methyl sites for hydroxylation is 1. The summed E-state index contributed by atoms with van der Waals surface area (Å²) in [6.07, 6.45) is 1.37. The van der Waals surface area contributed by atoms with Crippen LogP contribution in [-0.2, 0) is 17.1 Å². The first-order valence-corrected chi connectivity index (χ1v) is 7.90. The summed E-state index contributed by atoms with van der Waals surface area (Å²) in [5.41, 5.74) is 1.34. The van der Waals surface area contributed by atoms with Crippen molar-refractivity contribution in [2.45, 2.75) is 23.8 Å². The molecule has 1 aliphatic carbocycles. The van der Waals surface area contributed by atoms with Crippen molar-refractivity contribution in [3.05, 3.63) is 18.2 Å². The summed E-state index contributed by atoms with van der Waals surface area (Å²) in [6, 6.07) is 4.68. The lowest BCUT2D eigenvalue weighted by Gasteiger charge is -2.34. The molecule has 2 aromatic rings. The van der Waals surface area contributed by atoms with Crippen molar-refractivity contribution in [3.8, 4) is 0 Å². The first-order valence-electron chi connectivity index (χ1n) is 6.42. The van der Waals surface area contributed by atoms with Gasteiger partial charge in [-0.2, -0.15) is 0 Å². The maximum absolute atomic E-state index is 12.3. The SMILES string of the molecule is Cn1nnc2cc(S(=O)(=O)NC3CC(CO)C3)ccc21. The number of benzene rings is 1. The summed E-state index contributed by atoms with van der Waals surface area (Å²) >= 11 is 0. The molecule has 0 aliphatic heterocycles. The van der Waals surface area contributed by atoms with Gasteiger partial charge in [0.15, 0.2) is 0 Å². The molecule has 7 nitrogen and oxygen atoms in total. The molecule has 0 amide bonds. The van der Waals surface area contributed by atoms with Gasteiger partial charge in [0.05, 0.1) is 10.4 Å². The number of aliphatic hydroxyl groups is 1. The molecule has 0 atom stereocenters. The van der Waals surface area contributed by atoms with E-state index in [1.54, 1.807) is 23.9 Å². The highest BCUT2D eigenvalue weighted by Gasteiger charge is 2.32. The van der Waals surface area contributed by atoms with Crippen molar-refractivity contribution in [1.29, 1.82) is 0 Å². The van der Waals surface area contributed by atoms with Crippen LogP contribution in [0.4, 0.5) is 0 Å². The van der Waals surface area contributed by atoms with Crippen LogP contribution in [0.1, 0.15) is 12.8 Å². The fraction of sp³-hybridized carbons (Fsp3) is 0.500. The van der Waals surface area contributed by atoms with Crippen LogP contribution < -0.4 is 4.72 Å². The monoisotopic (exact) mass is 296 g/mol. The molecule has 0 unspecified atom stereocenters. The van der Waals surface area contributed by atoms with Gasteiger partial charge in [0.2, 0.25) is 10.0 Å². The van der Waals surface area contributed by atoms with Crippen molar-refractivity contribution in [1.82, 2.24) is 19.7 Å². The second-order valence-electron chi connectivity index (χ2n) is 5.20. The highest BCUT2D eigenvalue weighted by Crippen LogP contribution is 2.28. The van der Waals surface area contributed by atoms with Crippen molar-refractivity contribution < 1.29 is 13.5 Å². The van der Waals surface area contributed by atoms with Crippen molar-refractivity contribution in [2.75, 3.05) is 6.61 Å². The van der Waals surface area contributed by atoms with E-state index >= 15 is 0 Å². The van der Waals surface area contributed by atoms with E-state index in [2.05, 4.69) is 15.0 Å². The Morgan fingerprint density at radius 1 is 1.45 bits per heavy atom. The van der Waals surface area contributed by atoms with E-state index in [1.807, 2.05) is 0 Å². The zero-order valence-corrected chi connectivity index (χ0v) is 11.8. The lowest BCUT2D eigenvalue weighted by molar-refractivity contribution is 0.137. The number of hydrogen-bond acceptors (Lipinski definition) is 5. The first kappa shape index (κ1) is 13.5. The molecule has 3 rings (SSSR count). The third-order valence-electron chi connectivity index (χ3n) is 3.71. The van der Waals surface area contributed by atoms with Gasteiger partial charge >= 0.3 is 0 Å². The quantitative estimate of drug-likeness (QED) is 0.829. The highest BCUT2D eigenvalue weighted by atomic mass is 32.2. The van der Waals surface area contributed by atoms with Gasteiger partial charge in [-0.3, -0.25) is 0 Å². The smallest absolute Gasteiger partial charge is 0.240 e. The maximum atomic E-state index is 12.3. The minimum absolute atomic E-state index is 0.0882. The summed E-state index contributed by atoms with van der Waals surface area (Å²) < 4.78 is 28.7. The highest BCUT2D eigenvalue weighted by molar-refractivity contribution is 7.89. The molecule has 8 heteroatoms. The van der Waals surface area contributed by atoms with Gasteiger partial charge in [-0.25, -0.2) is 17.8 Å². The van der Waals surface area contributed by atoms with E-state index in [0.717, 1.165) is 5.52 Å². The van der Waals surface area contributed by atoms with E-state index in [4.69, 9.17) is 5.11 Å². The maximum Gasteiger partial charge on any atom is 0.240 e. The Hall–Kier alpha value is -1.51. The predicted molar refractivity (Wildman–Crippen MR) is 72.4 cm³/mol. The van der Waals surface area contributed by atoms with Crippen molar-refractivity contribution >= 4 is 21.1 Å². The Morgan fingerprint density at radius 2 is 2.20 bits per heavy atom. The van der Waals surface area contributed by atoms with Gasteiger partial charge in [0.1, 0.15) is 5.52 Å². The summed E-state index contributed by atoms with van der Waals surface area (Å²) in [7, 11) is -1.79. The summed E-state index contributed by atoms with van der Waals surface area (Å²) in [4.78, 5) is 0.193. The molecule has 20 heavy (non-hydrogen) atoms. The summed E-state index contributed by atoms with van der Waals surface area (Å²) in [5.74, 6) is 0.213. The minimum Gasteiger partial charge on any atom is -0.396 e. The van der Waals surface area contributed by atoms with Crippen LogP contribution in [0.5, 0.6) is 0 Å². The number of fused-ring (bicyclic) bond motifs is 1. The van der Waals surface area contributed by atoms with E-state index in [1.165, 1.54) is 6.07 Å². The average molecular weight is 296 g/mol. The minimum atomic E-state index is -3.54. The lowest BCUT2D eigenvalue weighted by atomic mass is 9.82. The molecule has 1 fully saturated rings. The fourth-order valence-corrected chi connectivity index (χ4v) is 3.74. The van der Waals surface area contributed by atoms with Crippen LogP contribution in [0.2, 0.25) is 0 Å². The van der Waals surface area contributed by atoms with Crippen LogP contribution in [0, 0.1) is 5.92 Å². The molecule has 0 saturated heterocycles. The van der Waals surface area contributed by atoms with E-state index in [9.17, 15) is 8.42 Å². The zero-order chi connectivity index (χ0) is 14.3. The Labute approximate surface area is 116 Å². The molecule has 108 valence electrons. The first-order chi connectivity index (χ1) is 9.49. The number of hydrogen-bond donors (Lipinski definition) is 2. The number of rotatable bonds is 4. The van der Waals surface area contributed by atoms with Crippen molar-refractivity contribution in [2.24, 2.45) is 13.0 Å². The molecular formula is C12H16N4O3S. The Balaban J connectivity index is 1.82. The molecule has 1 aromatic carbocycles. The topological polar surface area (TPSA) is 97.1 Å². The molecule has 1 saturated carbocycles. The number of aromatic nitrogens is 3. The Kier molecular flexibility index (Phi) is 3.23. The number of sulfonamides is 1. The second-order valence-corrected chi connectivity index (χ2v) is 6.92. The average Bonchev–Trinajstić information content (AvgIpc) is 2.75. The van der Waals surface area contributed by atoms with Gasteiger partial charge in [0.25, 0.3) is 0 Å². The third kappa shape index (κ3) is 2.30. The number of nitrogens with one attached hydrogen (secondary N) is 1. The standard InChI is InChI=1S/C12H16N4O3S/c1-16-12-3-2-10(6-11(12)13-15-16)20(18,19)14-9-4-8(5-9)7-17/h2-3,6,8-9,14,17H,4-5,7H2,1H3. The lowest BCUT2D eigenvalue weighted by Crippen LogP contribution is -2.45. The number of nitrogens with zero attached hydrogens (tertiary/aromatic N) is 3. The van der Waals surface area contributed by atoms with Gasteiger partial charge in [-0.1, -0.05) is 5.21 Å². The number of aliphatic hydroxyl groups excluding tert-OH is 1. The Bertz CT molecular complexity index is 734. The fourth-order valence-electron chi connectivity index (χ4n) is 2.46. The molecule has 0 bridgehead atoms. The molecule has 1 aromatic heterocycles. The Morgan fingerprint density at radius 3 is 2.90 bits per heavy atom. The van der Waals surface area contributed by atoms with E-state index in [0.29, 0.717) is 18.4 Å².